The Morgan fingerprint density at radius 3 is 2.90 bits per heavy atom. The Hall–Kier alpha value is -1.61. The van der Waals surface area contributed by atoms with E-state index in [1.807, 2.05) is 31.2 Å². The molecule has 1 aliphatic rings. The number of halogens is 1. The predicted octanol–water partition coefficient (Wildman–Crippen LogP) is 4.64. The monoisotopic (exact) mass is 330 g/mol. The van der Waals surface area contributed by atoms with Crippen molar-refractivity contribution in [3.05, 3.63) is 63.1 Å². The fraction of sp³-hybridized carbons (Fsp3) is 0.235. The summed E-state index contributed by atoms with van der Waals surface area (Å²) in [7, 11) is 0. The van der Waals surface area contributed by atoms with E-state index in [1.165, 1.54) is 11.1 Å². The summed E-state index contributed by atoms with van der Waals surface area (Å²) in [5.74, 6) is 0.825. The first kappa shape index (κ1) is 13.4. The van der Waals surface area contributed by atoms with E-state index in [0.29, 0.717) is 5.56 Å². The number of aldehydes is 1. The Balaban J connectivity index is 1.86. The van der Waals surface area contributed by atoms with Crippen molar-refractivity contribution in [3.8, 4) is 5.75 Å². The number of benzene rings is 2. The van der Waals surface area contributed by atoms with Gasteiger partial charge in [-0.15, -0.1) is 0 Å². The minimum absolute atomic E-state index is 0.101. The molecule has 20 heavy (non-hydrogen) atoms. The second-order valence-electron chi connectivity index (χ2n) is 5.09. The van der Waals surface area contributed by atoms with E-state index in [0.717, 1.165) is 34.9 Å². The Morgan fingerprint density at radius 2 is 2.15 bits per heavy atom. The number of aryl methyl sites for hydroxylation is 1. The number of hydrogen-bond donors (Lipinski definition) is 0. The lowest BCUT2D eigenvalue weighted by Crippen LogP contribution is -2.04. The van der Waals surface area contributed by atoms with Crippen molar-refractivity contribution in [1.29, 1.82) is 0 Å². The summed E-state index contributed by atoms with van der Waals surface area (Å²) >= 11 is 3.60. The zero-order chi connectivity index (χ0) is 14.1. The fourth-order valence-corrected chi connectivity index (χ4v) is 3.29. The molecule has 1 aliphatic carbocycles. The van der Waals surface area contributed by atoms with Crippen LogP contribution in [-0.4, -0.2) is 6.29 Å². The normalized spacial score (nSPS) is 16.8. The highest BCUT2D eigenvalue weighted by Crippen LogP contribution is 2.38. The Kier molecular flexibility index (Phi) is 3.62. The lowest BCUT2D eigenvalue weighted by Gasteiger charge is -2.16. The van der Waals surface area contributed by atoms with E-state index in [1.54, 1.807) is 0 Å². The predicted molar refractivity (Wildman–Crippen MR) is 82.4 cm³/mol. The molecule has 1 atom stereocenters. The number of ether oxygens (including phenoxy) is 1. The molecule has 0 fully saturated rings. The lowest BCUT2D eigenvalue weighted by atomic mass is 10.1. The summed E-state index contributed by atoms with van der Waals surface area (Å²) in [6.07, 6.45) is 3.00. The maximum Gasteiger partial charge on any atom is 0.150 e. The van der Waals surface area contributed by atoms with Gasteiger partial charge in [-0.1, -0.05) is 28.1 Å². The van der Waals surface area contributed by atoms with Gasteiger partial charge in [0.25, 0.3) is 0 Å². The van der Waals surface area contributed by atoms with Gasteiger partial charge in [-0.25, -0.2) is 0 Å². The molecular weight excluding hydrogens is 316 g/mol. The quantitative estimate of drug-likeness (QED) is 0.766. The SMILES string of the molecule is Cc1cc(O[C@@H]2CCc3c(Br)cccc32)ccc1C=O. The molecule has 0 spiro atoms. The maximum absolute atomic E-state index is 10.8. The molecule has 0 radical (unpaired) electrons. The maximum atomic E-state index is 10.8. The average molecular weight is 331 g/mol. The van der Waals surface area contributed by atoms with Crippen LogP contribution < -0.4 is 4.74 Å². The van der Waals surface area contributed by atoms with Crippen LogP contribution in [0.1, 0.15) is 39.6 Å². The summed E-state index contributed by atoms with van der Waals surface area (Å²) in [6.45, 7) is 1.93. The Morgan fingerprint density at radius 1 is 1.30 bits per heavy atom. The van der Waals surface area contributed by atoms with E-state index in [4.69, 9.17) is 4.74 Å². The summed E-state index contributed by atoms with van der Waals surface area (Å²) in [6, 6.07) is 11.9. The molecule has 0 heterocycles. The molecular formula is C17H15BrO2. The van der Waals surface area contributed by atoms with Gasteiger partial charge in [0.2, 0.25) is 0 Å². The molecule has 0 amide bonds. The third-order valence-electron chi connectivity index (χ3n) is 3.81. The number of fused-ring (bicyclic) bond motifs is 1. The molecule has 0 bridgehead atoms. The van der Waals surface area contributed by atoms with Crippen LogP contribution in [-0.2, 0) is 6.42 Å². The van der Waals surface area contributed by atoms with Crippen LogP contribution in [0.5, 0.6) is 5.75 Å². The minimum Gasteiger partial charge on any atom is -0.486 e. The van der Waals surface area contributed by atoms with Gasteiger partial charge in [0.05, 0.1) is 0 Å². The van der Waals surface area contributed by atoms with Crippen molar-refractivity contribution in [1.82, 2.24) is 0 Å². The molecule has 0 aliphatic heterocycles. The highest BCUT2D eigenvalue weighted by molar-refractivity contribution is 9.10. The van der Waals surface area contributed by atoms with Crippen LogP contribution in [0, 0.1) is 6.92 Å². The second kappa shape index (κ2) is 5.41. The first-order valence-electron chi connectivity index (χ1n) is 6.69. The van der Waals surface area contributed by atoms with E-state index in [2.05, 4.69) is 28.1 Å². The molecule has 0 saturated heterocycles. The van der Waals surface area contributed by atoms with Crippen LogP contribution >= 0.6 is 15.9 Å². The Labute approximate surface area is 126 Å². The summed E-state index contributed by atoms with van der Waals surface area (Å²) < 4.78 is 7.26. The number of carbonyl (C=O) groups excluding carboxylic acids is 1. The van der Waals surface area contributed by atoms with Crippen molar-refractivity contribution in [2.75, 3.05) is 0 Å². The zero-order valence-electron chi connectivity index (χ0n) is 11.2. The number of rotatable bonds is 3. The van der Waals surface area contributed by atoms with E-state index >= 15 is 0 Å². The van der Waals surface area contributed by atoms with E-state index in [9.17, 15) is 4.79 Å². The Bertz CT molecular complexity index is 664. The van der Waals surface area contributed by atoms with Crippen molar-refractivity contribution in [2.45, 2.75) is 25.9 Å². The summed E-state index contributed by atoms with van der Waals surface area (Å²) in [4.78, 5) is 10.8. The van der Waals surface area contributed by atoms with Gasteiger partial charge in [0.1, 0.15) is 18.1 Å². The van der Waals surface area contributed by atoms with Gasteiger partial charge < -0.3 is 4.74 Å². The largest absolute Gasteiger partial charge is 0.486 e. The van der Waals surface area contributed by atoms with Crippen molar-refractivity contribution >= 4 is 22.2 Å². The van der Waals surface area contributed by atoms with Gasteiger partial charge in [-0.3, -0.25) is 4.79 Å². The van der Waals surface area contributed by atoms with Crippen LogP contribution in [0.3, 0.4) is 0 Å². The van der Waals surface area contributed by atoms with Crippen LogP contribution in [0.4, 0.5) is 0 Å². The van der Waals surface area contributed by atoms with Gasteiger partial charge in [0, 0.05) is 10.0 Å². The van der Waals surface area contributed by atoms with Gasteiger partial charge in [0.15, 0.2) is 0 Å². The molecule has 2 aromatic rings. The van der Waals surface area contributed by atoms with Crippen molar-refractivity contribution < 1.29 is 9.53 Å². The molecule has 3 rings (SSSR count). The first-order valence-corrected chi connectivity index (χ1v) is 7.48. The molecule has 102 valence electrons. The molecule has 3 heteroatoms. The third kappa shape index (κ3) is 2.38. The van der Waals surface area contributed by atoms with Crippen molar-refractivity contribution in [2.24, 2.45) is 0 Å². The van der Waals surface area contributed by atoms with Crippen LogP contribution in [0.25, 0.3) is 0 Å². The van der Waals surface area contributed by atoms with E-state index < -0.39 is 0 Å². The summed E-state index contributed by atoms with van der Waals surface area (Å²) in [5.41, 5.74) is 4.27. The molecule has 0 saturated carbocycles. The highest BCUT2D eigenvalue weighted by atomic mass is 79.9. The fourth-order valence-electron chi connectivity index (χ4n) is 2.71. The van der Waals surface area contributed by atoms with Crippen LogP contribution in [0.2, 0.25) is 0 Å². The molecule has 0 aromatic heterocycles. The number of carbonyl (C=O) groups is 1. The smallest absolute Gasteiger partial charge is 0.150 e. The molecule has 0 unspecified atom stereocenters. The highest BCUT2D eigenvalue weighted by Gasteiger charge is 2.25. The third-order valence-corrected chi connectivity index (χ3v) is 4.55. The molecule has 2 aromatic carbocycles. The summed E-state index contributed by atoms with van der Waals surface area (Å²) in [5, 5.41) is 0. The number of hydrogen-bond acceptors (Lipinski definition) is 2. The molecule has 2 nitrogen and oxygen atoms in total. The second-order valence-corrected chi connectivity index (χ2v) is 5.94. The van der Waals surface area contributed by atoms with Gasteiger partial charge in [-0.05, 0) is 60.7 Å². The minimum atomic E-state index is 0.101. The zero-order valence-corrected chi connectivity index (χ0v) is 12.8. The van der Waals surface area contributed by atoms with Gasteiger partial charge >= 0.3 is 0 Å². The van der Waals surface area contributed by atoms with Crippen LogP contribution in [0.15, 0.2) is 40.9 Å². The standard InChI is InChI=1S/C17H15BrO2/c1-11-9-13(6-5-12(11)10-19)20-17-8-7-14-15(17)3-2-4-16(14)18/h2-6,9-10,17H,7-8H2,1H3/t17-/m1/s1. The van der Waals surface area contributed by atoms with E-state index in [-0.39, 0.29) is 6.10 Å². The lowest BCUT2D eigenvalue weighted by molar-refractivity contribution is 0.112. The van der Waals surface area contributed by atoms with Crippen molar-refractivity contribution in [3.63, 3.8) is 0 Å². The molecule has 0 N–H and O–H groups in total. The van der Waals surface area contributed by atoms with Gasteiger partial charge in [-0.2, -0.15) is 0 Å². The first-order chi connectivity index (χ1) is 9.69. The topological polar surface area (TPSA) is 26.3 Å². The average Bonchev–Trinajstić information content (AvgIpc) is 2.84.